The lowest BCUT2D eigenvalue weighted by Gasteiger charge is -2.23. The molecule has 1 aromatic rings. The molecule has 2 amide bonds. The van der Waals surface area contributed by atoms with Gasteiger partial charge >= 0.3 is 6.03 Å². The van der Waals surface area contributed by atoms with Crippen molar-refractivity contribution in [3.8, 4) is 0 Å². The molecule has 2 aliphatic rings. The van der Waals surface area contributed by atoms with Gasteiger partial charge in [-0.05, 0) is 43.2 Å². The van der Waals surface area contributed by atoms with E-state index in [9.17, 15) is 4.79 Å². The lowest BCUT2D eigenvalue weighted by molar-refractivity contribution is 0.107. The maximum absolute atomic E-state index is 12.4. The van der Waals surface area contributed by atoms with Crippen LogP contribution < -0.4 is 5.32 Å². The van der Waals surface area contributed by atoms with Crippen LogP contribution in [-0.2, 0) is 17.6 Å². The first-order chi connectivity index (χ1) is 10.3. The summed E-state index contributed by atoms with van der Waals surface area (Å²) < 4.78 is 5.37. The zero-order chi connectivity index (χ0) is 14.7. The summed E-state index contributed by atoms with van der Waals surface area (Å²) in [4.78, 5) is 14.4. The van der Waals surface area contributed by atoms with Crippen molar-refractivity contribution < 1.29 is 9.53 Å². The van der Waals surface area contributed by atoms with Crippen LogP contribution in [0.3, 0.4) is 0 Å². The second kappa shape index (κ2) is 6.48. The van der Waals surface area contributed by atoms with Gasteiger partial charge in [0.2, 0.25) is 0 Å². The highest BCUT2D eigenvalue weighted by atomic mass is 16.5. The maximum Gasteiger partial charge on any atom is 0.317 e. The van der Waals surface area contributed by atoms with Gasteiger partial charge in [-0.15, -0.1) is 0 Å². The summed E-state index contributed by atoms with van der Waals surface area (Å²) >= 11 is 0. The Balaban J connectivity index is 1.55. The topological polar surface area (TPSA) is 41.6 Å². The molecule has 1 N–H and O–H groups in total. The van der Waals surface area contributed by atoms with Gasteiger partial charge in [-0.1, -0.05) is 24.3 Å². The van der Waals surface area contributed by atoms with Crippen LogP contribution in [0.2, 0.25) is 0 Å². The van der Waals surface area contributed by atoms with E-state index >= 15 is 0 Å². The van der Waals surface area contributed by atoms with Crippen molar-refractivity contribution in [1.29, 1.82) is 0 Å². The average Bonchev–Trinajstić information content (AvgIpc) is 2.84. The Hall–Kier alpha value is -1.55. The Labute approximate surface area is 126 Å². The number of amides is 2. The molecule has 0 aromatic heterocycles. The molecule has 1 aromatic carbocycles. The molecule has 1 aliphatic carbocycles. The van der Waals surface area contributed by atoms with Crippen LogP contribution in [0.5, 0.6) is 0 Å². The molecule has 21 heavy (non-hydrogen) atoms. The van der Waals surface area contributed by atoms with Gasteiger partial charge in [-0.25, -0.2) is 4.79 Å². The number of carbonyl (C=O) groups excluding carboxylic acids is 1. The van der Waals surface area contributed by atoms with Crippen LogP contribution in [-0.4, -0.2) is 43.3 Å². The zero-order valence-electron chi connectivity index (χ0n) is 12.7. The first-order valence-electron chi connectivity index (χ1n) is 7.91. The Morgan fingerprint density at radius 1 is 1.19 bits per heavy atom. The van der Waals surface area contributed by atoms with Crippen LogP contribution >= 0.6 is 0 Å². The molecule has 1 saturated carbocycles. The van der Waals surface area contributed by atoms with Crippen LogP contribution in [0.4, 0.5) is 4.79 Å². The van der Waals surface area contributed by atoms with Gasteiger partial charge in [-0.2, -0.15) is 0 Å². The van der Waals surface area contributed by atoms with Crippen molar-refractivity contribution >= 4 is 6.03 Å². The number of nitrogens with one attached hydrogen (secondary N) is 1. The number of benzene rings is 1. The highest BCUT2D eigenvalue weighted by molar-refractivity contribution is 5.74. The van der Waals surface area contributed by atoms with Crippen LogP contribution in [0.15, 0.2) is 24.3 Å². The van der Waals surface area contributed by atoms with E-state index < -0.39 is 0 Å². The summed E-state index contributed by atoms with van der Waals surface area (Å²) in [5.74, 6) is 0. The number of carbonyl (C=O) groups is 1. The van der Waals surface area contributed by atoms with E-state index in [1.807, 2.05) is 4.90 Å². The lowest BCUT2D eigenvalue weighted by Crippen LogP contribution is -2.45. The first kappa shape index (κ1) is 14.4. The van der Waals surface area contributed by atoms with Crippen LogP contribution in [0, 0.1) is 0 Å². The number of methoxy groups -OCH3 is 1. The molecule has 4 heteroatoms. The van der Waals surface area contributed by atoms with Gasteiger partial charge in [0.15, 0.2) is 0 Å². The number of rotatable bonds is 2. The summed E-state index contributed by atoms with van der Waals surface area (Å²) in [5.41, 5.74) is 2.77. The van der Waals surface area contributed by atoms with Gasteiger partial charge < -0.3 is 15.0 Å². The largest absolute Gasteiger partial charge is 0.381 e. The molecule has 0 unspecified atom stereocenters. The molecule has 1 aliphatic heterocycles. The smallest absolute Gasteiger partial charge is 0.317 e. The van der Waals surface area contributed by atoms with Crippen molar-refractivity contribution in [2.24, 2.45) is 0 Å². The summed E-state index contributed by atoms with van der Waals surface area (Å²) in [5, 5.41) is 3.17. The predicted octanol–water partition coefficient (Wildman–Crippen LogP) is 2.36. The zero-order valence-corrected chi connectivity index (χ0v) is 12.7. The minimum absolute atomic E-state index is 0.0876. The van der Waals surface area contributed by atoms with E-state index in [0.29, 0.717) is 6.10 Å². The number of nitrogens with zero attached hydrogens (tertiary/aromatic N) is 1. The Bertz CT molecular complexity index is 476. The fourth-order valence-electron chi connectivity index (χ4n) is 3.42. The number of ether oxygens (including phenoxy) is 1. The molecule has 2 atom stereocenters. The Kier molecular flexibility index (Phi) is 4.44. The predicted molar refractivity (Wildman–Crippen MR) is 82.4 cm³/mol. The maximum atomic E-state index is 12.4. The van der Waals surface area contributed by atoms with Crippen molar-refractivity contribution in [1.82, 2.24) is 10.2 Å². The number of hydrogen-bond donors (Lipinski definition) is 1. The molecule has 1 fully saturated rings. The summed E-state index contributed by atoms with van der Waals surface area (Å²) in [6.07, 6.45) is 5.23. The second-order valence-electron chi connectivity index (χ2n) is 6.07. The standard InChI is InChI=1S/C17H24N2O2/c1-21-16-7-6-15(12-16)18-17(20)19-10-8-13-4-2-3-5-14(13)9-11-19/h2-5,15-16H,6-12H2,1H3,(H,18,20)/t15-,16+/m1/s1. The monoisotopic (exact) mass is 288 g/mol. The van der Waals surface area contributed by atoms with Crippen molar-refractivity contribution in [3.63, 3.8) is 0 Å². The van der Waals surface area contributed by atoms with E-state index in [0.717, 1.165) is 45.2 Å². The minimum atomic E-state index is 0.0876. The molecule has 1 heterocycles. The fraction of sp³-hybridized carbons (Fsp3) is 0.588. The third kappa shape index (κ3) is 3.38. The van der Waals surface area contributed by atoms with Gasteiger partial charge in [0.05, 0.1) is 6.10 Å². The SMILES string of the molecule is CO[C@H]1CC[C@@H](NC(=O)N2CCc3ccccc3CC2)C1. The summed E-state index contributed by atoms with van der Waals surface area (Å²) in [7, 11) is 1.75. The van der Waals surface area contributed by atoms with Gasteiger partial charge in [0.1, 0.15) is 0 Å². The first-order valence-corrected chi connectivity index (χ1v) is 7.91. The average molecular weight is 288 g/mol. The van der Waals surface area contributed by atoms with Gasteiger partial charge in [0, 0.05) is 26.2 Å². The van der Waals surface area contributed by atoms with E-state index in [2.05, 4.69) is 29.6 Å². The van der Waals surface area contributed by atoms with Crippen molar-refractivity contribution in [2.45, 2.75) is 44.2 Å². The van der Waals surface area contributed by atoms with Gasteiger partial charge in [0.25, 0.3) is 0 Å². The molecule has 114 valence electrons. The number of fused-ring (bicyclic) bond motifs is 1. The normalized spacial score (nSPS) is 25.3. The molecular formula is C17H24N2O2. The van der Waals surface area contributed by atoms with Crippen LogP contribution in [0.1, 0.15) is 30.4 Å². The number of urea groups is 1. The Morgan fingerprint density at radius 3 is 2.43 bits per heavy atom. The van der Waals surface area contributed by atoms with E-state index in [4.69, 9.17) is 4.74 Å². The van der Waals surface area contributed by atoms with Crippen molar-refractivity contribution in [2.75, 3.05) is 20.2 Å². The molecule has 0 saturated heterocycles. The number of hydrogen-bond acceptors (Lipinski definition) is 2. The third-order valence-electron chi connectivity index (χ3n) is 4.75. The molecule has 0 spiro atoms. The molecule has 0 bridgehead atoms. The minimum Gasteiger partial charge on any atom is -0.381 e. The fourth-order valence-corrected chi connectivity index (χ4v) is 3.42. The lowest BCUT2D eigenvalue weighted by atomic mass is 10.0. The molecule has 0 radical (unpaired) electrons. The summed E-state index contributed by atoms with van der Waals surface area (Å²) in [6.45, 7) is 1.62. The van der Waals surface area contributed by atoms with Crippen molar-refractivity contribution in [3.05, 3.63) is 35.4 Å². The molecule has 3 rings (SSSR count). The molecular weight excluding hydrogens is 264 g/mol. The summed E-state index contributed by atoms with van der Waals surface area (Å²) in [6, 6.07) is 8.88. The second-order valence-corrected chi connectivity index (χ2v) is 6.07. The van der Waals surface area contributed by atoms with E-state index in [1.165, 1.54) is 11.1 Å². The molecule has 4 nitrogen and oxygen atoms in total. The van der Waals surface area contributed by atoms with Gasteiger partial charge in [-0.3, -0.25) is 0 Å². The quantitative estimate of drug-likeness (QED) is 0.907. The highest BCUT2D eigenvalue weighted by Gasteiger charge is 2.27. The van der Waals surface area contributed by atoms with E-state index in [1.54, 1.807) is 7.11 Å². The Morgan fingerprint density at radius 2 is 1.86 bits per heavy atom. The third-order valence-corrected chi connectivity index (χ3v) is 4.75. The van der Waals surface area contributed by atoms with Crippen LogP contribution in [0.25, 0.3) is 0 Å². The van der Waals surface area contributed by atoms with E-state index in [-0.39, 0.29) is 12.1 Å². The highest BCUT2D eigenvalue weighted by Crippen LogP contribution is 2.22.